The van der Waals surface area contributed by atoms with E-state index in [1.54, 1.807) is 6.20 Å². The topological polar surface area (TPSA) is 89.0 Å². The zero-order chi connectivity index (χ0) is 31.2. The van der Waals surface area contributed by atoms with Crippen molar-refractivity contribution in [2.24, 2.45) is 5.41 Å². The molecule has 0 aliphatic heterocycles. The summed E-state index contributed by atoms with van der Waals surface area (Å²) in [6, 6.07) is 31.8. The molecule has 8 nitrogen and oxygen atoms in total. The van der Waals surface area contributed by atoms with Crippen LogP contribution in [0.4, 0.5) is 11.5 Å². The predicted octanol–water partition coefficient (Wildman–Crippen LogP) is 8.21. The zero-order valence-electron chi connectivity index (χ0n) is 26.1. The number of rotatable bonds is 11. The molecule has 0 radical (unpaired) electrons. The van der Waals surface area contributed by atoms with Crippen LogP contribution in [0.2, 0.25) is 0 Å². The third kappa shape index (κ3) is 7.30. The Balaban J connectivity index is 1.18. The number of nitrogens with zero attached hydrogens (tertiary/aromatic N) is 6. The Morgan fingerprint density at radius 3 is 2.29 bits per heavy atom. The van der Waals surface area contributed by atoms with Crippen molar-refractivity contribution >= 4 is 22.3 Å². The van der Waals surface area contributed by atoms with E-state index < -0.39 is 0 Å². The first kappa shape index (κ1) is 29.8. The summed E-state index contributed by atoms with van der Waals surface area (Å²) in [5, 5.41) is 14.6. The minimum atomic E-state index is 0.164. The maximum Gasteiger partial charge on any atom is 0.228 e. The van der Waals surface area contributed by atoms with E-state index in [1.165, 1.54) is 0 Å². The Labute approximate surface area is 264 Å². The molecule has 8 heteroatoms. The van der Waals surface area contributed by atoms with Crippen LogP contribution in [-0.4, -0.2) is 50.7 Å². The lowest BCUT2D eigenvalue weighted by atomic mass is 9.87. The van der Waals surface area contributed by atoms with E-state index in [4.69, 9.17) is 9.72 Å². The summed E-state index contributed by atoms with van der Waals surface area (Å²) in [6.07, 6.45) is 5.33. The molecule has 1 N–H and O–H groups in total. The summed E-state index contributed by atoms with van der Waals surface area (Å²) >= 11 is 0. The molecule has 0 bridgehead atoms. The molecule has 0 saturated heterocycles. The smallest absolute Gasteiger partial charge is 0.228 e. The molecule has 3 aromatic heterocycles. The third-order valence-corrected chi connectivity index (χ3v) is 7.59. The highest BCUT2D eigenvalue weighted by Gasteiger charge is 2.20. The first-order valence-corrected chi connectivity index (χ1v) is 15.1. The fourth-order valence-electron chi connectivity index (χ4n) is 5.58. The largest absolute Gasteiger partial charge is 0.438 e. The SMILES string of the molecule is CN(C)CC(C)(C)CCc1nccc(-c2cccnc2Oc2ccc(Nc3nnc(-c4ccccc4)c4ccccc34)cc2)n1. The monoisotopic (exact) mass is 595 g/mol. The highest BCUT2D eigenvalue weighted by Crippen LogP contribution is 2.33. The van der Waals surface area contributed by atoms with Gasteiger partial charge in [-0.3, -0.25) is 0 Å². The highest BCUT2D eigenvalue weighted by molar-refractivity contribution is 6.00. The van der Waals surface area contributed by atoms with Crippen LogP contribution in [0, 0.1) is 5.41 Å². The van der Waals surface area contributed by atoms with E-state index in [0.717, 1.165) is 64.2 Å². The molecule has 0 amide bonds. The van der Waals surface area contributed by atoms with Crippen LogP contribution in [-0.2, 0) is 6.42 Å². The second-order valence-corrected chi connectivity index (χ2v) is 12.2. The fraction of sp³-hybridized carbons (Fsp3) is 0.216. The number of aryl methyl sites for hydroxylation is 1. The van der Waals surface area contributed by atoms with Crippen molar-refractivity contribution in [1.82, 2.24) is 30.0 Å². The predicted molar refractivity (Wildman–Crippen MR) is 181 cm³/mol. The third-order valence-electron chi connectivity index (χ3n) is 7.59. The molecule has 45 heavy (non-hydrogen) atoms. The van der Waals surface area contributed by atoms with Gasteiger partial charge in [0.25, 0.3) is 0 Å². The van der Waals surface area contributed by atoms with Crippen molar-refractivity contribution in [3.8, 4) is 34.1 Å². The number of hydrogen-bond donors (Lipinski definition) is 1. The number of anilines is 2. The van der Waals surface area contributed by atoms with E-state index in [1.807, 2.05) is 91.1 Å². The maximum atomic E-state index is 6.27. The molecule has 0 aliphatic rings. The second kappa shape index (κ2) is 13.2. The van der Waals surface area contributed by atoms with Gasteiger partial charge in [-0.2, -0.15) is 0 Å². The molecule has 6 aromatic rings. The van der Waals surface area contributed by atoms with Gasteiger partial charge in [0.15, 0.2) is 5.82 Å². The van der Waals surface area contributed by atoms with Crippen LogP contribution in [0.5, 0.6) is 11.6 Å². The molecule has 0 unspecified atom stereocenters. The van der Waals surface area contributed by atoms with Gasteiger partial charge in [-0.15, -0.1) is 10.2 Å². The minimum absolute atomic E-state index is 0.164. The van der Waals surface area contributed by atoms with E-state index >= 15 is 0 Å². The lowest BCUT2D eigenvalue weighted by Gasteiger charge is -2.28. The number of pyridine rings is 1. The van der Waals surface area contributed by atoms with Crippen molar-refractivity contribution in [2.45, 2.75) is 26.7 Å². The first-order chi connectivity index (χ1) is 21.8. The molecule has 3 aromatic carbocycles. The van der Waals surface area contributed by atoms with Crippen LogP contribution in [0.1, 0.15) is 26.1 Å². The van der Waals surface area contributed by atoms with Crippen LogP contribution in [0.25, 0.3) is 33.3 Å². The van der Waals surface area contributed by atoms with E-state index in [9.17, 15) is 0 Å². The molecule has 0 spiro atoms. The van der Waals surface area contributed by atoms with Crippen LogP contribution < -0.4 is 10.1 Å². The number of fused-ring (bicyclic) bond motifs is 1. The number of aromatic nitrogens is 5. The van der Waals surface area contributed by atoms with Gasteiger partial charge in [-0.05, 0) is 68.4 Å². The number of ether oxygens (including phenoxy) is 1. The van der Waals surface area contributed by atoms with Gasteiger partial charge in [0.1, 0.15) is 17.3 Å². The highest BCUT2D eigenvalue weighted by atomic mass is 16.5. The Hall–Kier alpha value is -5.21. The normalized spacial score (nSPS) is 11.6. The lowest BCUT2D eigenvalue weighted by Crippen LogP contribution is -2.29. The summed E-state index contributed by atoms with van der Waals surface area (Å²) in [5.41, 5.74) is 4.53. The fourth-order valence-corrected chi connectivity index (χ4v) is 5.58. The van der Waals surface area contributed by atoms with E-state index in [-0.39, 0.29) is 5.41 Å². The van der Waals surface area contributed by atoms with Crippen molar-refractivity contribution in [1.29, 1.82) is 0 Å². The van der Waals surface area contributed by atoms with Gasteiger partial charge in [-0.25, -0.2) is 15.0 Å². The lowest BCUT2D eigenvalue weighted by molar-refractivity contribution is 0.225. The van der Waals surface area contributed by atoms with Gasteiger partial charge in [0.2, 0.25) is 5.88 Å². The van der Waals surface area contributed by atoms with Gasteiger partial charge < -0.3 is 15.0 Å². The van der Waals surface area contributed by atoms with Crippen molar-refractivity contribution < 1.29 is 4.74 Å². The molecular formula is C37H37N7O. The minimum Gasteiger partial charge on any atom is -0.438 e. The quantitative estimate of drug-likeness (QED) is 0.160. The number of nitrogens with one attached hydrogen (secondary N) is 1. The first-order valence-electron chi connectivity index (χ1n) is 15.1. The van der Waals surface area contributed by atoms with Crippen LogP contribution >= 0.6 is 0 Å². The molecule has 3 heterocycles. The number of benzene rings is 3. The summed E-state index contributed by atoms with van der Waals surface area (Å²) < 4.78 is 6.27. The molecule has 0 atom stereocenters. The van der Waals surface area contributed by atoms with Crippen LogP contribution in [0.3, 0.4) is 0 Å². The molecule has 0 aliphatic carbocycles. The average Bonchev–Trinajstić information content (AvgIpc) is 3.05. The zero-order valence-corrected chi connectivity index (χ0v) is 26.1. The summed E-state index contributed by atoms with van der Waals surface area (Å²) in [5.74, 6) is 2.66. The Morgan fingerprint density at radius 2 is 1.51 bits per heavy atom. The van der Waals surface area contributed by atoms with Crippen molar-refractivity contribution in [3.63, 3.8) is 0 Å². The molecule has 0 saturated carbocycles. The Bertz CT molecular complexity index is 1890. The van der Waals surface area contributed by atoms with E-state index in [0.29, 0.717) is 17.4 Å². The van der Waals surface area contributed by atoms with Crippen molar-refractivity contribution in [2.75, 3.05) is 26.0 Å². The Kier molecular flexibility index (Phi) is 8.75. The standard InChI is InChI=1S/C37H37N7O/c1-37(2,25-44(3)4)22-20-33-38-24-21-32(41-33)31-15-10-23-39-36(31)45-28-18-16-27(17-19-28)40-35-30-14-9-8-13-29(30)34(42-43-35)26-11-6-5-7-12-26/h5-19,21,23-24H,20,22,25H2,1-4H3,(H,40,43). The van der Waals surface area contributed by atoms with Gasteiger partial charge in [0, 0.05) is 47.4 Å². The van der Waals surface area contributed by atoms with Gasteiger partial charge >= 0.3 is 0 Å². The van der Waals surface area contributed by atoms with Crippen LogP contribution in [0.15, 0.2) is 109 Å². The summed E-state index contributed by atoms with van der Waals surface area (Å²) in [7, 11) is 4.21. The van der Waals surface area contributed by atoms with Gasteiger partial charge in [0.05, 0.1) is 11.3 Å². The van der Waals surface area contributed by atoms with E-state index in [2.05, 4.69) is 70.5 Å². The molecule has 226 valence electrons. The van der Waals surface area contributed by atoms with Gasteiger partial charge in [-0.1, -0.05) is 68.4 Å². The maximum absolute atomic E-state index is 6.27. The summed E-state index contributed by atoms with van der Waals surface area (Å²) in [4.78, 5) is 16.2. The average molecular weight is 596 g/mol. The molecular weight excluding hydrogens is 558 g/mol. The molecule has 6 rings (SSSR count). The Morgan fingerprint density at radius 1 is 0.756 bits per heavy atom. The number of hydrogen-bond acceptors (Lipinski definition) is 8. The second-order valence-electron chi connectivity index (χ2n) is 12.2. The molecule has 0 fully saturated rings. The van der Waals surface area contributed by atoms with Crippen molar-refractivity contribution in [3.05, 3.63) is 115 Å². The summed E-state index contributed by atoms with van der Waals surface area (Å²) in [6.45, 7) is 5.57.